The van der Waals surface area contributed by atoms with Crippen LogP contribution in [-0.2, 0) is 17.6 Å². The second kappa shape index (κ2) is 11.7. The molecule has 1 N–H and O–H groups in total. The number of carbonyl (C=O) groups is 1. The van der Waals surface area contributed by atoms with Crippen molar-refractivity contribution < 1.29 is 14.5 Å². The second-order valence-corrected chi connectivity index (χ2v) is 12.8. The van der Waals surface area contributed by atoms with E-state index in [1.807, 2.05) is 11.0 Å². The number of thiophene rings is 1. The standard InChI is InChI=1S/C30H33ClN4O4S/c1-30(2,3)20-5-10-23-26(17-20)40-29(27(23)28(36)33-22-8-6-21(31)7-9-22)32-18-19-4-11-24(25(16-19)35(37)38)34-12-14-39-15-13-34/h4,6-9,11,16,18,20H,5,10,12-15,17H2,1-3H3,(H,33,36)/t20-/m0/s1. The van der Waals surface area contributed by atoms with Crippen LogP contribution in [0, 0.1) is 21.4 Å². The van der Waals surface area contributed by atoms with Gasteiger partial charge in [-0.2, -0.15) is 0 Å². The molecule has 0 saturated carbocycles. The molecule has 1 aliphatic carbocycles. The Balaban J connectivity index is 1.48. The molecule has 1 aromatic heterocycles. The number of amides is 1. The molecule has 2 aromatic carbocycles. The van der Waals surface area contributed by atoms with Crippen LogP contribution in [0.3, 0.4) is 0 Å². The summed E-state index contributed by atoms with van der Waals surface area (Å²) in [4.78, 5) is 33.1. The smallest absolute Gasteiger partial charge is 0.293 e. The first-order valence-corrected chi connectivity index (χ1v) is 14.7. The van der Waals surface area contributed by atoms with Crippen molar-refractivity contribution in [1.29, 1.82) is 0 Å². The zero-order chi connectivity index (χ0) is 28.4. The fraction of sp³-hybridized carbons (Fsp3) is 0.400. The van der Waals surface area contributed by atoms with Crippen molar-refractivity contribution in [2.45, 2.75) is 40.0 Å². The summed E-state index contributed by atoms with van der Waals surface area (Å²) in [5.41, 5.74) is 3.67. The number of halogens is 1. The van der Waals surface area contributed by atoms with Crippen molar-refractivity contribution in [1.82, 2.24) is 0 Å². The molecule has 40 heavy (non-hydrogen) atoms. The van der Waals surface area contributed by atoms with E-state index in [9.17, 15) is 14.9 Å². The predicted octanol–water partition coefficient (Wildman–Crippen LogP) is 7.30. The van der Waals surface area contributed by atoms with Gasteiger partial charge in [0.2, 0.25) is 0 Å². The molecule has 8 nitrogen and oxygen atoms in total. The molecule has 1 fully saturated rings. The zero-order valence-corrected chi connectivity index (χ0v) is 24.5. The highest BCUT2D eigenvalue weighted by molar-refractivity contribution is 7.16. The number of aliphatic imine (C=N–C) groups is 1. The maximum Gasteiger partial charge on any atom is 0.293 e. The van der Waals surface area contributed by atoms with E-state index in [-0.39, 0.29) is 21.9 Å². The first-order chi connectivity index (χ1) is 19.1. The van der Waals surface area contributed by atoms with Crippen LogP contribution < -0.4 is 10.2 Å². The Hall–Kier alpha value is -3.27. The Morgan fingerprint density at radius 1 is 1.20 bits per heavy atom. The van der Waals surface area contributed by atoms with Gasteiger partial charge in [-0.3, -0.25) is 14.9 Å². The number of nitrogens with one attached hydrogen (secondary N) is 1. The molecular weight excluding hydrogens is 548 g/mol. The van der Waals surface area contributed by atoms with Crippen LogP contribution >= 0.6 is 22.9 Å². The first kappa shape index (κ1) is 28.3. The van der Waals surface area contributed by atoms with E-state index in [4.69, 9.17) is 21.3 Å². The number of fused-ring (bicyclic) bond motifs is 1. The molecule has 1 atom stereocenters. The number of benzene rings is 2. The summed E-state index contributed by atoms with van der Waals surface area (Å²) in [6.07, 6.45) is 4.34. The highest BCUT2D eigenvalue weighted by atomic mass is 35.5. The molecule has 2 heterocycles. The number of morpholine rings is 1. The first-order valence-electron chi connectivity index (χ1n) is 13.5. The number of rotatable bonds is 6. The Kier molecular flexibility index (Phi) is 8.26. The highest BCUT2D eigenvalue weighted by Gasteiger charge is 2.34. The van der Waals surface area contributed by atoms with Crippen molar-refractivity contribution in [3.05, 3.63) is 79.2 Å². The quantitative estimate of drug-likeness (QED) is 0.187. The molecule has 0 unspecified atom stereocenters. The molecule has 1 saturated heterocycles. The molecule has 5 rings (SSSR count). The van der Waals surface area contributed by atoms with Gasteiger partial charge >= 0.3 is 0 Å². The zero-order valence-electron chi connectivity index (χ0n) is 22.9. The third-order valence-electron chi connectivity index (χ3n) is 7.68. The minimum atomic E-state index is -0.358. The molecule has 210 valence electrons. The van der Waals surface area contributed by atoms with Gasteiger partial charge < -0.3 is 15.0 Å². The molecule has 1 amide bonds. The summed E-state index contributed by atoms with van der Waals surface area (Å²) in [6, 6.07) is 12.2. The Morgan fingerprint density at radius 3 is 2.60 bits per heavy atom. The third-order valence-corrected chi connectivity index (χ3v) is 9.09. The van der Waals surface area contributed by atoms with Crippen LogP contribution in [0.5, 0.6) is 0 Å². The number of hydrogen-bond donors (Lipinski definition) is 1. The number of anilines is 2. The monoisotopic (exact) mass is 580 g/mol. The lowest BCUT2D eigenvalue weighted by Crippen LogP contribution is -2.36. The number of nitro benzene ring substituents is 1. The topological polar surface area (TPSA) is 97.1 Å². The van der Waals surface area contributed by atoms with Crippen molar-refractivity contribution >= 4 is 57.1 Å². The van der Waals surface area contributed by atoms with E-state index in [1.165, 1.54) is 4.88 Å². The normalized spacial score (nSPS) is 17.6. The summed E-state index contributed by atoms with van der Waals surface area (Å²) in [5, 5.41) is 16.1. The van der Waals surface area contributed by atoms with Crippen molar-refractivity contribution in [3.63, 3.8) is 0 Å². The van der Waals surface area contributed by atoms with Crippen molar-refractivity contribution in [3.8, 4) is 0 Å². The lowest BCUT2D eigenvalue weighted by Gasteiger charge is -2.33. The molecule has 0 spiro atoms. The summed E-state index contributed by atoms with van der Waals surface area (Å²) in [6.45, 7) is 9.08. The van der Waals surface area contributed by atoms with Gasteiger partial charge in [0.25, 0.3) is 11.6 Å². The van der Waals surface area contributed by atoms with Gasteiger partial charge in [0.05, 0.1) is 23.7 Å². The van der Waals surface area contributed by atoms with E-state index in [0.29, 0.717) is 64.7 Å². The van der Waals surface area contributed by atoms with E-state index >= 15 is 0 Å². The Morgan fingerprint density at radius 2 is 1.93 bits per heavy atom. The molecule has 0 bridgehead atoms. The number of nitrogens with zero attached hydrogens (tertiary/aromatic N) is 3. The Bertz CT molecular complexity index is 1440. The summed E-state index contributed by atoms with van der Waals surface area (Å²) in [7, 11) is 0. The largest absolute Gasteiger partial charge is 0.378 e. The average Bonchev–Trinajstić information content (AvgIpc) is 3.31. The van der Waals surface area contributed by atoms with Gasteiger partial charge in [-0.15, -0.1) is 11.3 Å². The fourth-order valence-corrected chi connectivity index (χ4v) is 6.73. The lowest BCUT2D eigenvalue weighted by atomic mass is 9.72. The maximum atomic E-state index is 13.6. The molecular formula is C30H33ClN4O4S. The fourth-order valence-electron chi connectivity index (χ4n) is 5.33. The maximum absolute atomic E-state index is 13.6. The molecule has 2 aliphatic rings. The average molecular weight is 581 g/mol. The van der Waals surface area contributed by atoms with Crippen molar-refractivity contribution in [2.24, 2.45) is 16.3 Å². The van der Waals surface area contributed by atoms with Crippen LogP contribution in [0.2, 0.25) is 5.02 Å². The van der Waals surface area contributed by atoms with Crippen LogP contribution in [-0.4, -0.2) is 43.3 Å². The van der Waals surface area contributed by atoms with Gasteiger partial charge in [-0.1, -0.05) is 38.4 Å². The van der Waals surface area contributed by atoms with E-state index in [2.05, 4.69) is 26.1 Å². The van der Waals surface area contributed by atoms with Gasteiger partial charge in [0.15, 0.2) is 0 Å². The van der Waals surface area contributed by atoms with Crippen LogP contribution in [0.25, 0.3) is 0 Å². The van der Waals surface area contributed by atoms with Crippen LogP contribution in [0.4, 0.5) is 22.1 Å². The number of carbonyl (C=O) groups excluding carboxylic acids is 1. The number of nitro groups is 1. The summed E-state index contributed by atoms with van der Waals surface area (Å²) < 4.78 is 5.40. The predicted molar refractivity (Wildman–Crippen MR) is 162 cm³/mol. The number of hydrogen-bond acceptors (Lipinski definition) is 7. The van der Waals surface area contributed by atoms with E-state index < -0.39 is 0 Å². The van der Waals surface area contributed by atoms with Gasteiger partial charge in [0.1, 0.15) is 10.7 Å². The van der Waals surface area contributed by atoms with Gasteiger partial charge in [0, 0.05) is 41.0 Å². The molecule has 10 heteroatoms. The lowest BCUT2D eigenvalue weighted by molar-refractivity contribution is -0.384. The summed E-state index contributed by atoms with van der Waals surface area (Å²) >= 11 is 7.56. The number of ether oxygens (including phenoxy) is 1. The van der Waals surface area contributed by atoms with Crippen LogP contribution in [0.15, 0.2) is 47.5 Å². The molecule has 3 aromatic rings. The second-order valence-electron chi connectivity index (χ2n) is 11.3. The van der Waals surface area contributed by atoms with Crippen LogP contribution in [0.1, 0.15) is 53.6 Å². The minimum absolute atomic E-state index is 0.0325. The third kappa shape index (κ3) is 6.22. The highest BCUT2D eigenvalue weighted by Crippen LogP contribution is 2.45. The Labute approximate surface area is 243 Å². The SMILES string of the molecule is CC(C)(C)[C@H]1CCc2c(sc(N=Cc3ccc(N4CCOCC4)c([N+](=O)[O-])c3)c2C(=O)Nc2ccc(Cl)cc2)C1. The van der Waals surface area contributed by atoms with E-state index in [1.54, 1.807) is 53.9 Å². The van der Waals surface area contributed by atoms with E-state index in [0.717, 1.165) is 24.8 Å². The molecule has 0 radical (unpaired) electrons. The van der Waals surface area contributed by atoms with Crippen molar-refractivity contribution in [2.75, 3.05) is 36.5 Å². The van der Waals surface area contributed by atoms with Gasteiger partial charge in [-0.25, -0.2) is 4.99 Å². The molecule has 1 aliphatic heterocycles. The minimum Gasteiger partial charge on any atom is -0.378 e. The summed E-state index contributed by atoms with van der Waals surface area (Å²) in [5.74, 6) is 0.299. The van der Waals surface area contributed by atoms with Gasteiger partial charge in [-0.05, 0) is 72.1 Å².